The minimum absolute atomic E-state index is 0.303. The van der Waals surface area contributed by atoms with Crippen LogP contribution in [0.15, 0.2) is 59.6 Å². The summed E-state index contributed by atoms with van der Waals surface area (Å²) < 4.78 is 27.9. The molecule has 1 aromatic carbocycles. The van der Waals surface area contributed by atoms with E-state index in [0.717, 1.165) is 44.7 Å². The molecule has 5 rings (SSSR count). The lowest BCUT2D eigenvalue weighted by atomic mass is 9.75. The summed E-state index contributed by atoms with van der Waals surface area (Å²) in [5, 5.41) is 0. The van der Waals surface area contributed by atoms with Crippen molar-refractivity contribution in [2.24, 2.45) is 11.8 Å². The maximum Gasteiger partial charge on any atom is 0.240 e. The molecule has 0 aliphatic carbocycles. The van der Waals surface area contributed by atoms with Crippen molar-refractivity contribution in [1.82, 2.24) is 19.5 Å². The number of benzene rings is 1. The van der Waals surface area contributed by atoms with Crippen molar-refractivity contribution in [1.29, 1.82) is 0 Å². The topological polar surface area (TPSA) is 65.5 Å². The van der Waals surface area contributed by atoms with Crippen LogP contribution in [0.2, 0.25) is 0 Å². The number of likely N-dealkylation sites (N-methyl/N-ethyl adjacent to an activating group) is 1. The second kappa shape index (κ2) is 9.56. The van der Waals surface area contributed by atoms with Crippen LogP contribution in [0.1, 0.15) is 18.5 Å². The zero-order valence-corrected chi connectivity index (χ0v) is 18.5. The third-order valence-electron chi connectivity index (χ3n) is 6.60. The first-order valence-corrected chi connectivity index (χ1v) is 12.4. The van der Waals surface area contributed by atoms with Gasteiger partial charge < -0.3 is 4.90 Å². The van der Waals surface area contributed by atoms with Gasteiger partial charge in [-0.2, -0.15) is 0 Å². The zero-order valence-electron chi connectivity index (χ0n) is 17.7. The molecular weight excluding hydrogens is 396 g/mol. The number of nitrogens with zero attached hydrogens (tertiary/aromatic N) is 3. The standard InChI is InChI=1S/C23H32N4O2S/c1-26(13-11-21-7-5-6-12-24-21)17-20-18-27-14-10-19(20)15-22(27)16-25-30(28,29)23-8-3-2-4-9-23/h2-9,12,19-20,22,25H,10-11,13-18H2,1H3/t19-,20+,22+/m0/s1. The molecule has 3 aliphatic heterocycles. The van der Waals surface area contributed by atoms with Crippen LogP contribution in [0.4, 0.5) is 0 Å². The molecule has 162 valence electrons. The van der Waals surface area contributed by atoms with Crippen LogP contribution in [-0.2, 0) is 16.4 Å². The van der Waals surface area contributed by atoms with Crippen LogP contribution in [0.5, 0.6) is 0 Å². The maximum absolute atomic E-state index is 12.5. The molecule has 7 heteroatoms. The fraction of sp³-hybridized carbons (Fsp3) is 0.522. The Morgan fingerprint density at radius 1 is 1.17 bits per heavy atom. The molecule has 1 N–H and O–H groups in total. The number of rotatable bonds is 9. The summed E-state index contributed by atoms with van der Waals surface area (Å²) in [4.78, 5) is 9.67. The number of hydrogen-bond acceptors (Lipinski definition) is 5. The minimum atomic E-state index is -3.43. The van der Waals surface area contributed by atoms with Crippen molar-refractivity contribution < 1.29 is 8.42 Å². The second-order valence-corrected chi connectivity index (χ2v) is 10.5. The van der Waals surface area contributed by atoms with Gasteiger partial charge in [0.2, 0.25) is 10.0 Å². The molecule has 3 aliphatic rings. The Morgan fingerprint density at radius 2 is 1.97 bits per heavy atom. The van der Waals surface area contributed by atoms with Crippen LogP contribution >= 0.6 is 0 Å². The third-order valence-corrected chi connectivity index (χ3v) is 8.04. The molecule has 2 bridgehead atoms. The van der Waals surface area contributed by atoms with Crippen molar-refractivity contribution in [3.8, 4) is 0 Å². The van der Waals surface area contributed by atoms with Gasteiger partial charge >= 0.3 is 0 Å². The lowest BCUT2D eigenvalue weighted by molar-refractivity contribution is -0.00735. The summed E-state index contributed by atoms with van der Waals surface area (Å²) in [5.41, 5.74) is 1.14. The molecule has 3 fully saturated rings. The van der Waals surface area contributed by atoms with Gasteiger partial charge in [0.15, 0.2) is 0 Å². The van der Waals surface area contributed by atoms with Gasteiger partial charge in [-0.25, -0.2) is 13.1 Å². The van der Waals surface area contributed by atoms with Crippen LogP contribution in [0.25, 0.3) is 0 Å². The molecule has 0 amide bonds. The first-order chi connectivity index (χ1) is 14.5. The second-order valence-electron chi connectivity index (χ2n) is 8.69. The Balaban J connectivity index is 1.26. The van der Waals surface area contributed by atoms with E-state index in [1.165, 1.54) is 6.42 Å². The van der Waals surface area contributed by atoms with Gasteiger partial charge in [0.1, 0.15) is 0 Å². The SMILES string of the molecule is CN(CCc1ccccn1)C[C@@H]1CN2CC[C@H]1C[C@@H]2CNS(=O)(=O)c1ccccc1. The van der Waals surface area contributed by atoms with Crippen LogP contribution in [-0.4, -0.2) is 69.0 Å². The lowest BCUT2D eigenvalue weighted by Gasteiger charge is -2.50. The fourth-order valence-electron chi connectivity index (χ4n) is 4.90. The lowest BCUT2D eigenvalue weighted by Crippen LogP contribution is -2.58. The van der Waals surface area contributed by atoms with E-state index >= 15 is 0 Å². The number of sulfonamides is 1. The Bertz CT molecular complexity index is 907. The van der Waals surface area contributed by atoms with Crippen molar-refractivity contribution in [2.75, 3.05) is 39.8 Å². The van der Waals surface area contributed by atoms with Gasteiger partial charge in [-0.15, -0.1) is 0 Å². The molecule has 2 aromatic rings. The summed E-state index contributed by atoms with van der Waals surface area (Å²) in [6.07, 6.45) is 5.13. The van der Waals surface area contributed by atoms with E-state index in [1.807, 2.05) is 24.4 Å². The van der Waals surface area contributed by atoms with Gasteiger partial charge in [-0.05, 0) is 62.5 Å². The largest absolute Gasteiger partial charge is 0.306 e. The number of hydrogen-bond donors (Lipinski definition) is 1. The predicted octanol–water partition coefficient (Wildman–Crippen LogP) is 2.24. The van der Waals surface area contributed by atoms with Crippen molar-refractivity contribution in [2.45, 2.75) is 30.2 Å². The van der Waals surface area contributed by atoms with Gasteiger partial charge in [-0.3, -0.25) is 9.88 Å². The summed E-state index contributed by atoms with van der Waals surface area (Å²) in [6.45, 7) is 4.75. The van der Waals surface area contributed by atoms with E-state index in [9.17, 15) is 8.42 Å². The van der Waals surface area contributed by atoms with Gasteiger partial charge in [0.25, 0.3) is 0 Å². The molecule has 6 nitrogen and oxygen atoms in total. The summed E-state index contributed by atoms with van der Waals surface area (Å²) >= 11 is 0. The molecular formula is C23H32N4O2S. The molecule has 4 atom stereocenters. The summed E-state index contributed by atoms with van der Waals surface area (Å²) in [6, 6.07) is 15.0. The predicted molar refractivity (Wildman–Crippen MR) is 119 cm³/mol. The summed E-state index contributed by atoms with van der Waals surface area (Å²) in [5.74, 6) is 1.34. The Morgan fingerprint density at radius 3 is 2.67 bits per heavy atom. The summed E-state index contributed by atoms with van der Waals surface area (Å²) in [7, 11) is -1.23. The fourth-order valence-corrected chi connectivity index (χ4v) is 5.99. The first kappa shape index (κ1) is 21.4. The molecule has 0 spiro atoms. The first-order valence-electron chi connectivity index (χ1n) is 10.9. The van der Waals surface area contributed by atoms with E-state index in [1.54, 1.807) is 24.3 Å². The van der Waals surface area contributed by atoms with Crippen LogP contribution in [0.3, 0.4) is 0 Å². The molecule has 1 aromatic heterocycles. The maximum atomic E-state index is 12.5. The van der Waals surface area contributed by atoms with Crippen molar-refractivity contribution in [3.05, 3.63) is 60.4 Å². The molecule has 1 unspecified atom stereocenters. The number of aromatic nitrogens is 1. The van der Waals surface area contributed by atoms with E-state index in [4.69, 9.17) is 0 Å². The third kappa shape index (κ3) is 5.27. The number of piperidine rings is 3. The van der Waals surface area contributed by atoms with E-state index in [0.29, 0.717) is 29.3 Å². The molecule has 4 heterocycles. The number of pyridine rings is 1. The van der Waals surface area contributed by atoms with E-state index in [2.05, 4.69) is 32.6 Å². The van der Waals surface area contributed by atoms with Crippen LogP contribution < -0.4 is 4.72 Å². The molecule has 30 heavy (non-hydrogen) atoms. The normalized spacial score (nSPS) is 26.2. The highest BCUT2D eigenvalue weighted by atomic mass is 32.2. The average molecular weight is 429 g/mol. The number of nitrogens with one attached hydrogen (secondary N) is 1. The van der Waals surface area contributed by atoms with Crippen LogP contribution in [0, 0.1) is 11.8 Å². The Hall–Kier alpha value is -1.80. The molecule has 3 saturated heterocycles. The van der Waals surface area contributed by atoms with Gasteiger partial charge in [0.05, 0.1) is 4.90 Å². The smallest absolute Gasteiger partial charge is 0.240 e. The quantitative estimate of drug-likeness (QED) is 0.664. The highest BCUT2D eigenvalue weighted by molar-refractivity contribution is 7.89. The number of fused-ring (bicyclic) bond motifs is 3. The monoisotopic (exact) mass is 428 g/mol. The highest BCUT2D eigenvalue weighted by Gasteiger charge is 2.40. The van der Waals surface area contributed by atoms with Crippen molar-refractivity contribution in [3.63, 3.8) is 0 Å². The minimum Gasteiger partial charge on any atom is -0.306 e. The van der Waals surface area contributed by atoms with Gasteiger partial charge in [-0.1, -0.05) is 24.3 Å². The van der Waals surface area contributed by atoms with E-state index in [-0.39, 0.29) is 0 Å². The average Bonchev–Trinajstić information content (AvgIpc) is 2.78. The Labute approximate surface area is 180 Å². The molecule has 0 radical (unpaired) electrons. The Kier molecular flexibility index (Phi) is 6.83. The zero-order chi connectivity index (χ0) is 21.0. The van der Waals surface area contributed by atoms with Crippen molar-refractivity contribution >= 4 is 10.0 Å². The van der Waals surface area contributed by atoms with Gasteiger partial charge in [0, 0.05) is 50.5 Å². The highest BCUT2D eigenvalue weighted by Crippen LogP contribution is 2.36. The van der Waals surface area contributed by atoms with E-state index < -0.39 is 10.0 Å². The molecule has 0 saturated carbocycles.